The summed E-state index contributed by atoms with van der Waals surface area (Å²) in [7, 11) is 1.85. The first-order valence-electron chi connectivity index (χ1n) is 5.66. The van der Waals surface area contributed by atoms with E-state index < -0.39 is 5.82 Å². The number of hydrogen-bond donors (Lipinski definition) is 1. The molecule has 5 heteroatoms. The maximum atomic E-state index is 13.7. The summed E-state index contributed by atoms with van der Waals surface area (Å²) in [4.78, 5) is 0. The Morgan fingerprint density at radius 2 is 1.89 bits per heavy atom. The molecular weight excluding hydrogens is 288 g/mol. The van der Waals surface area contributed by atoms with E-state index in [0.29, 0.717) is 17.3 Å². The van der Waals surface area contributed by atoms with Gasteiger partial charge in [-0.25, -0.2) is 4.39 Å². The van der Waals surface area contributed by atoms with Crippen LogP contribution >= 0.6 is 23.2 Å². The maximum absolute atomic E-state index is 13.7. The molecule has 1 N–H and O–H groups in total. The lowest BCUT2D eigenvalue weighted by Gasteiger charge is -2.10. The summed E-state index contributed by atoms with van der Waals surface area (Å²) < 4.78 is 19.2. The zero-order chi connectivity index (χ0) is 13.8. The Bertz CT molecular complexity index is 590. The third-order valence-corrected chi connectivity index (χ3v) is 3.10. The van der Waals surface area contributed by atoms with Crippen LogP contribution in [0, 0.1) is 5.82 Å². The van der Waals surface area contributed by atoms with Crippen molar-refractivity contribution in [1.29, 1.82) is 0 Å². The highest BCUT2D eigenvalue weighted by atomic mass is 35.5. The summed E-state index contributed by atoms with van der Waals surface area (Å²) in [6.07, 6.45) is 0. The molecule has 0 radical (unpaired) electrons. The van der Waals surface area contributed by atoms with Gasteiger partial charge in [-0.1, -0.05) is 35.3 Å². The van der Waals surface area contributed by atoms with Crippen LogP contribution in [0.5, 0.6) is 11.5 Å². The van der Waals surface area contributed by atoms with Gasteiger partial charge in [-0.3, -0.25) is 0 Å². The van der Waals surface area contributed by atoms with Crippen LogP contribution in [-0.2, 0) is 6.54 Å². The molecular formula is C14H12Cl2FNO. The van der Waals surface area contributed by atoms with E-state index in [0.717, 1.165) is 5.56 Å². The zero-order valence-electron chi connectivity index (χ0n) is 10.2. The topological polar surface area (TPSA) is 21.3 Å². The maximum Gasteiger partial charge on any atom is 0.184 e. The lowest BCUT2D eigenvalue weighted by molar-refractivity contribution is 0.442. The van der Waals surface area contributed by atoms with E-state index in [2.05, 4.69) is 5.32 Å². The molecule has 2 aromatic rings. The van der Waals surface area contributed by atoms with Gasteiger partial charge in [0.25, 0.3) is 0 Å². The smallest absolute Gasteiger partial charge is 0.184 e. The summed E-state index contributed by atoms with van der Waals surface area (Å²) in [5, 5.41) is 3.46. The van der Waals surface area contributed by atoms with Gasteiger partial charge in [-0.2, -0.15) is 0 Å². The molecule has 0 unspecified atom stereocenters. The van der Waals surface area contributed by atoms with Crippen LogP contribution in [0.1, 0.15) is 5.56 Å². The highest BCUT2D eigenvalue weighted by Crippen LogP contribution is 2.33. The number of hydrogen-bond acceptors (Lipinski definition) is 2. The Morgan fingerprint density at radius 1 is 1.11 bits per heavy atom. The molecule has 2 aromatic carbocycles. The van der Waals surface area contributed by atoms with E-state index in [9.17, 15) is 4.39 Å². The van der Waals surface area contributed by atoms with Gasteiger partial charge < -0.3 is 10.1 Å². The second-order valence-electron chi connectivity index (χ2n) is 3.95. The third-order valence-electron chi connectivity index (χ3n) is 2.51. The van der Waals surface area contributed by atoms with Crippen LogP contribution in [0.4, 0.5) is 4.39 Å². The summed E-state index contributed by atoms with van der Waals surface area (Å²) in [5.41, 5.74) is 1.02. The van der Waals surface area contributed by atoms with Crippen LogP contribution < -0.4 is 10.1 Å². The average Bonchev–Trinajstić information content (AvgIpc) is 2.38. The SMILES string of the molecule is CNCc1ccc(Oc2cccc(Cl)c2F)c(Cl)c1. The first kappa shape index (κ1) is 14.1. The predicted molar refractivity (Wildman–Crippen MR) is 75.7 cm³/mol. The van der Waals surface area contributed by atoms with Gasteiger partial charge in [0, 0.05) is 6.54 Å². The van der Waals surface area contributed by atoms with Crippen molar-refractivity contribution in [3.8, 4) is 11.5 Å². The fourth-order valence-electron chi connectivity index (χ4n) is 1.62. The monoisotopic (exact) mass is 299 g/mol. The third kappa shape index (κ3) is 3.38. The molecule has 0 bridgehead atoms. The van der Waals surface area contributed by atoms with Gasteiger partial charge in [0.05, 0.1) is 10.0 Å². The molecule has 0 atom stereocenters. The van der Waals surface area contributed by atoms with Crippen molar-refractivity contribution in [2.45, 2.75) is 6.54 Å². The highest BCUT2D eigenvalue weighted by Gasteiger charge is 2.10. The van der Waals surface area contributed by atoms with Gasteiger partial charge in [0.1, 0.15) is 5.75 Å². The lowest BCUT2D eigenvalue weighted by atomic mass is 10.2. The fourth-order valence-corrected chi connectivity index (χ4v) is 2.03. The molecule has 0 saturated heterocycles. The number of nitrogens with one attached hydrogen (secondary N) is 1. The van der Waals surface area contributed by atoms with E-state index in [4.69, 9.17) is 27.9 Å². The number of ether oxygens (including phenoxy) is 1. The molecule has 2 nitrogen and oxygen atoms in total. The van der Waals surface area contributed by atoms with Crippen molar-refractivity contribution in [2.24, 2.45) is 0 Å². The normalized spacial score (nSPS) is 10.5. The number of halogens is 3. The Labute approximate surface area is 121 Å². The molecule has 0 heterocycles. The predicted octanol–water partition coefficient (Wildman–Crippen LogP) is 4.64. The Hall–Kier alpha value is -1.29. The Balaban J connectivity index is 2.26. The van der Waals surface area contributed by atoms with Gasteiger partial charge in [-0.05, 0) is 36.9 Å². The fraction of sp³-hybridized carbons (Fsp3) is 0.143. The van der Waals surface area contributed by atoms with Crippen molar-refractivity contribution in [3.05, 3.63) is 57.8 Å². The van der Waals surface area contributed by atoms with Crippen molar-refractivity contribution in [3.63, 3.8) is 0 Å². The Kier molecular flexibility index (Phi) is 4.64. The zero-order valence-corrected chi connectivity index (χ0v) is 11.7. The average molecular weight is 300 g/mol. The molecule has 0 fully saturated rings. The molecule has 0 aliphatic carbocycles. The van der Waals surface area contributed by atoms with Crippen LogP contribution in [0.3, 0.4) is 0 Å². The van der Waals surface area contributed by atoms with E-state index in [1.165, 1.54) is 12.1 Å². The van der Waals surface area contributed by atoms with Crippen molar-refractivity contribution < 1.29 is 9.13 Å². The van der Waals surface area contributed by atoms with E-state index in [1.54, 1.807) is 18.2 Å². The molecule has 0 amide bonds. The molecule has 0 spiro atoms. The molecule has 0 aromatic heterocycles. The molecule has 19 heavy (non-hydrogen) atoms. The van der Waals surface area contributed by atoms with Crippen molar-refractivity contribution in [1.82, 2.24) is 5.32 Å². The van der Waals surface area contributed by atoms with Gasteiger partial charge in [0.15, 0.2) is 11.6 Å². The molecule has 0 aliphatic rings. The van der Waals surface area contributed by atoms with Crippen LogP contribution in [-0.4, -0.2) is 7.05 Å². The van der Waals surface area contributed by atoms with Gasteiger partial charge >= 0.3 is 0 Å². The summed E-state index contributed by atoms with van der Waals surface area (Å²) >= 11 is 11.8. The largest absolute Gasteiger partial charge is 0.453 e. The summed E-state index contributed by atoms with van der Waals surface area (Å²) in [6, 6.07) is 9.91. The minimum absolute atomic E-state index is 0.0143. The van der Waals surface area contributed by atoms with E-state index in [1.807, 2.05) is 13.1 Å². The van der Waals surface area contributed by atoms with Gasteiger partial charge in [0.2, 0.25) is 0 Å². The first-order valence-corrected chi connectivity index (χ1v) is 6.42. The minimum Gasteiger partial charge on any atom is -0.453 e. The van der Waals surface area contributed by atoms with Gasteiger partial charge in [-0.15, -0.1) is 0 Å². The second kappa shape index (κ2) is 6.24. The van der Waals surface area contributed by atoms with Crippen LogP contribution in [0.15, 0.2) is 36.4 Å². The summed E-state index contributed by atoms with van der Waals surface area (Å²) in [6.45, 7) is 0.700. The second-order valence-corrected chi connectivity index (χ2v) is 4.76. The number of benzene rings is 2. The molecule has 0 aliphatic heterocycles. The lowest BCUT2D eigenvalue weighted by Crippen LogP contribution is -2.04. The molecule has 100 valence electrons. The minimum atomic E-state index is -0.598. The molecule has 0 saturated carbocycles. The van der Waals surface area contributed by atoms with Crippen LogP contribution in [0.25, 0.3) is 0 Å². The highest BCUT2D eigenvalue weighted by molar-refractivity contribution is 6.32. The van der Waals surface area contributed by atoms with Crippen LogP contribution in [0.2, 0.25) is 10.0 Å². The molecule has 2 rings (SSSR count). The number of rotatable bonds is 4. The van der Waals surface area contributed by atoms with Crippen molar-refractivity contribution in [2.75, 3.05) is 7.05 Å². The quantitative estimate of drug-likeness (QED) is 0.888. The standard InChI is InChI=1S/C14H12Cl2FNO/c1-18-8-9-5-6-12(11(16)7-9)19-13-4-2-3-10(15)14(13)17/h2-7,18H,8H2,1H3. The van der Waals surface area contributed by atoms with E-state index in [-0.39, 0.29) is 10.8 Å². The van der Waals surface area contributed by atoms with Crippen molar-refractivity contribution >= 4 is 23.2 Å². The first-order chi connectivity index (χ1) is 9.11. The van der Waals surface area contributed by atoms with E-state index >= 15 is 0 Å². The Morgan fingerprint density at radius 3 is 2.58 bits per heavy atom. The summed E-state index contributed by atoms with van der Waals surface area (Å²) in [5.74, 6) is -0.155.